The van der Waals surface area contributed by atoms with E-state index in [9.17, 15) is 4.79 Å². The third-order valence-corrected chi connectivity index (χ3v) is 3.14. The molecule has 5 nitrogen and oxygen atoms in total. The Hall–Kier alpha value is -1.46. The zero-order chi connectivity index (χ0) is 16.0. The van der Waals surface area contributed by atoms with Crippen LogP contribution < -0.4 is 15.8 Å². The Morgan fingerprint density at radius 1 is 1.43 bits per heavy atom. The number of carbonyl (C=O) groups excluding carboxylic acids is 1. The summed E-state index contributed by atoms with van der Waals surface area (Å²) < 4.78 is 10.4. The summed E-state index contributed by atoms with van der Waals surface area (Å²) in [7, 11) is 1.56. The minimum atomic E-state index is -0.522. The van der Waals surface area contributed by atoms with E-state index in [4.69, 9.17) is 26.8 Å². The van der Waals surface area contributed by atoms with Crippen LogP contribution in [-0.2, 0) is 4.74 Å². The zero-order valence-electron chi connectivity index (χ0n) is 12.9. The Kier molecular flexibility index (Phi) is 6.30. The molecule has 3 N–H and O–H groups in total. The summed E-state index contributed by atoms with van der Waals surface area (Å²) in [6.07, 6.45) is -0.457. The van der Waals surface area contributed by atoms with Gasteiger partial charge >= 0.3 is 6.09 Å². The van der Waals surface area contributed by atoms with Gasteiger partial charge in [0.1, 0.15) is 11.4 Å². The van der Waals surface area contributed by atoms with Gasteiger partial charge in [0.25, 0.3) is 0 Å². The van der Waals surface area contributed by atoms with E-state index in [1.165, 1.54) is 0 Å². The first kappa shape index (κ1) is 17.6. The molecular weight excluding hydrogens is 292 g/mol. The molecule has 1 aromatic carbocycles. The van der Waals surface area contributed by atoms with Crippen LogP contribution in [0.3, 0.4) is 0 Å². The number of halogens is 1. The molecule has 21 heavy (non-hydrogen) atoms. The molecule has 0 fully saturated rings. The maximum Gasteiger partial charge on any atom is 0.407 e. The molecule has 0 spiro atoms. The molecule has 0 aliphatic carbocycles. The van der Waals surface area contributed by atoms with Crippen molar-refractivity contribution in [3.8, 4) is 5.75 Å². The molecule has 0 aromatic heterocycles. The zero-order valence-corrected chi connectivity index (χ0v) is 13.7. The summed E-state index contributed by atoms with van der Waals surface area (Å²) in [5, 5.41) is 3.26. The number of carbonyl (C=O) groups is 1. The molecule has 1 atom stereocenters. The number of rotatable bonds is 5. The highest BCUT2D eigenvalue weighted by molar-refractivity contribution is 6.32. The van der Waals surface area contributed by atoms with E-state index < -0.39 is 11.7 Å². The number of ether oxygens (including phenoxy) is 2. The number of benzene rings is 1. The largest absolute Gasteiger partial charge is 0.495 e. The third kappa shape index (κ3) is 5.81. The molecule has 1 aromatic rings. The first-order valence-electron chi connectivity index (χ1n) is 6.77. The molecule has 118 valence electrons. The van der Waals surface area contributed by atoms with Gasteiger partial charge in [-0.05, 0) is 38.5 Å². The van der Waals surface area contributed by atoms with Crippen LogP contribution in [0.2, 0.25) is 5.02 Å². The maximum absolute atomic E-state index is 11.7. The van der Waals surface area contributed by atoms with Gasteiger partial charge in [-0.2, -0.15) is 0 Å². The van der Waals surface area contributed by atoms with E-state index in [1.54, 1.807) is 13.2 Å². The van der Waals surface area contributed by atoms with E-state index in [1.807, 2.05) is 32.9 Å². The van der Waals surface area contributed by atoms with Gasteiger partial charge in [0, 0.05) is 19.0 Å². The lowest BCUT2D eigenvalue weighted by molar-refractivity contribution is 0.0525. The summed E-state index contributed by atoms with van der Waals surface area (Å²) in [4.78, 5) is 11.7. The minimum Gasteiger partial charge on any atom is -0.495 e. The van der Waals surface area contributed by atoms with Crippen LogP contribution in [-0.4, -0.2) is 31.9 Å². The number of nitrogens with two attached hydrogens (primary N) is 1. The van der Waals surface area contributed by atoms with Crippen molar-refractivity contribution >= 4 is 17.7 Å². The summed E-state index contributed by atoms with van der Waals surface area (Å²) >= 11 is 6.00. The van der Waals surface area contributed by atoms with Gasteiger partial charge < -0.3 is 20.5 Å². The molecule has 6 heteroatoms. The van der Waals surface area contributed by atoms with Crippen LogP contribution >= 0.6 is 11.6 Å². The van der Waals surface area contributed by atoms with E-state index in [2.05, 4.69) is 5.32 Å². The normalized spacial score (nSPS) is 12.7. The molecule has 1 rings (SSSR count). The van der Waals surface area contributed by atoms with Gasteiger partial charge in [-0.25, -0.2) is 4.79 Å². The van der Waals surface area contributed by atoms with Crippen LogP contribution in [0.15, 0.2) is 18.2 Å². The predicted molar refractivity (Wildman–Crippen MR) is 84.0 cm³/mol. The molecule has 0 radical (unpaired) electrons. The van der Waals surface area contributed by atoms with Gasteiger partial charge in [-0.15, -0.1) is 0 Å². The third-order valence-electron chi connectivity index (χ3n) is 2.82. The van der Waals surface area contributed by atoms with Gasteiger partial charge in [0.05, 0.1) is 12.1 Å². The lowest BCUT2D eigenvalue weighted by Crippen LogP contribution is -2.36. The lowest BCUT2D eigenvalue weighted by atomic mass is 9.99. The second-order valence-corrected chi connectivity index (χ2v) is 6.12. The fourth-order valence-electron chi connectivity index (χ4n) is 1.79. The standard InChI is InChI=1S/C15H23ClN2O3/c1-15(2,3)21-14(19)18-9-11(8-17)10-5-6-12(16)13(7-10)20-4/h5-7,11H,8-9,17H2,1-4H3,(H,18,19). The van der Waals surface area contributed by atoms with Crippen LogP contribution in [0.1, 0.15) is 32.3 Å². The predicted octanol–water partition coefficient (Wildman–Crippen LogP) is 2.92. The number of amides is 1. The highest BCUT2D eigenvalue weighted by atomic mass is 35.5. The van der Waals surface area contributed by atoms with Crippen LogP contribution in [0, 0.1) is 0 Å². The van der Waals surface area contributed by atoms with Crippen molar-refractivity contribution in [1.82, 2.24) is 5.32 Å². The van der Waals surface area contributed by atoms with Crippen molar-refractivity contribution in [1.29, 1.82) is 0 Å². The monoisotopic (exact) mass is 314 g/mol. The average Bonchev–Trinajstić information content (AvgIpc) is 2.39. The van der Waals surface area contributed by atoms with E-state index in [-0.39, 0.29) is 5.92 Å². The molecule has 1 amide bonds. The molecule has 0 heterocycles. The fraction of sp³-hybridized carbons (Fsp3) is 0.533. The summed E-state index contributed by atoms with van der Waals surface area (Å²) in [5.41, 5.74) is 6.21. The highest BCUT2D eigenvalue weighted by Gasteiger charge is 2.18. The molecule has 0 saturated carbocycles. The highest BCUT2D eigenvalue weighted by Crippen LogP contribution is 2.28. The van der Waals surface area contributed by atoms with Gasteiger partial charge in [-0.3, -0.25) is 0 Å². The van der Waals surface area contributed by atoms with E-state index in [0.717, 1.165) is 5.56 Å². The average molecular weight is 315 g/mol. The molecule has 0 bridgehead atoms. The Balaban J connectivity index is 2.69. The Morgan fingerprint density at radius 2 is 2.10 bits per heavy atom. The molecule has 0 aliphatic heterocycles. The van der Waals surface area contributed by atoms with Crippen LogP contribution in [0.4, 0.5) is 4.79 Å². The van der Waals surface area contributed by atoms with E-state index in [0.29, 0.717) is 23.9 Å². The Morgan fingerprint density at radius 3 is 2.62 bits per heavy atom. The van der Waals surface area contributed by atoms with Gasteiger partial charge in [0.2, 0.25) is 0 Å². The summed E-state index contributed by atoms with van der Waals surface area (Å²) in [6.45, 7) is 6.22. The second kappa shape index (κ2) is 7.52. The van der Waals surface area contributed by atoms with Gasteiger partial charge in [-0.1, -0.05) is 17.7 Å². The van der Waals surface area contributed by atoms with Crippen molar-refractivity contribution in [3.63, 3.8) is 0 Å². The number of hydrogen-bond donors (Lipinski definition) is 2. The second-order valence-electron chi connectivity index (χ2n) is 5.71. The number of nitrogens with one attached hydrogen (secondary N) is 1. The van der Waals surface area contributed by atoms with Crippen molar-refractivity contribution in [3.05, 3.63) is 28.8 Å². The molecule has 0 aliphatic rings. The molecule has 0 saturated heterocycles. The Bertz CT molecular complexity index is 486. The number of hydrogen-bond acceptors (Lipinski definition) is 4. The quantitative estimate of drug-likeness (QED) is 0.876. The number of alkyl carbamates (subject to hydrolysis) is 1. The minimum absolute atomic E-state index is 0.0383. The van der Waals surface area contributed by atoms with Crippen LogP contribution in [0.25, 0.3) is 0 Å². The smallest absolute Gasteiger partial charge is 0.407 e. The van der Waals surface area contributed by atoms with Crippen molar-refractivity contribution in [2.75, 3.05) is 20.2 Å². The molecular formula is C15H23ClN2O3. The van der Waals surface area contributed by atoms with Crippen molar-refractivity contribution in [2.24, 2.45) is 5.73 Å². The first-order valence-corrected chi connectivity index (χ1v) is 7.15. The van der Waals surface area contributed by atoms with Gasteiger partial charge in [0.15, 0.2) is 0 Å². The van der Waals surface area contributed by atoms with E-state index >= 15 is 0 Å². The first-order chi connectivity index (χ1) is 9.76. The fourth-order valence-corrected chi connectivity index (χ4v) is 1.98. The summed E-state index contributed by atoms with van der Waals surface area (Å²) in [5.74, 6) is 0.550. The topological polar surface area (TPSA) is 73.6 Å². The van der Waals surface area contributed by atoms with Crippen LogP contribution in [0.5, 0.6) is 5.75 Å². The maximum atomic E-state index is 11.7. The molecule has 1 unspecified atom stereocenters. The number of methoxy groups -OCH3 is 1. The van der Waals surface area contributed by atoms with Crippen molar-refractivity contribution < 1.29 is 14.3 Å². The Labute approximate surface area is 130 Å². The SMILES string of the molecule is COc1cc(C(CN)CNC(=O)OC(C)(C)C)ccc1Cl. The summed E-state index contributed by atoms with van der Waals surface area (Å²) in [6, 6.07) is 5.46. The lowest BCUT2D eigenvalue weighted by Gasteiger charge is -2.22. The van der Waals surface area contributed by atoms with Crippen molar-refractivity contribution in [2.45, 2.75) is 32.3 Å².